The summed E-state index contributed by atoms with van der Waals surface area (Å²) in [6.07, 6.45) is 0. The zero-order chi connectivity index (χ0) is 6.57. The van der Waals surface area contributed by atoms with Gasteiger partial charge in [0, 0.05) is 0 Å². The van der Waals surface area contributed by atoms with Gasteiger partial charge in [-0.15, -0.1) is 12.4 Å². The lowest BCUT2D eigenvalue weighted by Gasteiger charge is -2.00. The molecule has 0 aromatic heterocycles. The molecule has 54 valence electrons. The number of rotatable bonds is 0. The number of halogens is 1. The minimum Gasteiger partial charge on any atom is -0.468 e. The van der Waals surface area contributed by atoms with E-state index in [-0.39, 0.29) is 24.4 Å². The first-order valence-electron chi connectivity index (χ1n) is 1.90. The maximum Gasteiger partial charge on any atom is 0.288 e. The zero-order valence-electron chi connectivity index (χ0n) is 4.89. The molecule has 0 aliphatic carbocycles. The van der Waals surface area contributed by atoms with Crippen molar-refractivity contribution in [2.24, 2.45) is 5.73 Å². The molecule has 0 unspecified atom stereocenters. The summed E-state index contributed by atoms with van der Waals surface area (Å²) in [4.78, 5) is 0. The van der Waals surface area contributed by atoms with Gasteiger partial charge < -0.3 is 10.5 Å². The molecule has 6 heteroatoms. The molecule has 0 aliphatic heterocycles. The zero-order valence-corrected chi connectivity index (χ0v) is 5.71. The molecule has 0 saturated heterocycles. The molecule has 0 aromatic carbocycles. The highest BCUT2D eigenvalue weighted by molar-refractivity contribution is 5.91. The van der Waals surface area contributed by atoms with Crippen molar-refractivity contribution in [1.82, 2.24) is 5.32 Å². The van der Waals surface area contributed by atoms with Gasteiger partial charge in [-0.05, 0) is 0 Å². The molecule has 0 fully saturated rings. The Morgan fingerprint density at radius 3 is 2.11 bits per heavy atom. The Bertz CT molecular complexity index is 114. The monoisotopic (exact) mass is 152 g/mol. The lowest BCUT2D eigenvalue weighted by atomic mass is 10.9. The molecule has 0 spiro atoms. The molecule has 0 atom stereocenters. The summed E-state index contributed by atoms with van der Waals surface area (Å²) in [7, 11) is 1.32. The fourth-order valence-corrected chi connectivity index (χ4v) is 0.173. The van der Waals surface area contributed by atoms with E-state index in [9.17, 15) is 0 Å². The number of nitrogens with two attached hydrogens (primary N) is 1. The molecule has 0 saturated carbocycles. The molecular formula is C3H9ClN4O. The van der Waals surface area contributed by atoms with E-state index in [0.29, 0.717) is 0 Å². The standard InChI is InChI=1S/C3H8N4O.ClH/c1-8-3(6)7-2(4)5;/h1H3,(H5,4,5,6,7);1H. The van der Waals surface area contributed by atoms with E-state index >= 15 is 0 Å². The number of nitrogens with one attached hydrogen (secondary N) is 3. The fraction of sp³-hybridized carbons (Fsp3) is 0.333. The Morgan fingerprint density at radius 2 is 2.00 bits per heavy atom. The Morgan fingerprint density at radius 1 is 1.56 bits per heavy atom. The summed E-state index contributed by atoms with van der Waals surface area (Å²) < 4.78 is 4.31. The van der Waals surface area contributed by atoms with Gasteiger partial charge in [0.05, 0.1) is 7.11 Å². The molecule has 9 heavy (non-hydrogen) atoms. The predicted octanol–water partition coefficient (Wildman–Crippen LogP) is -0.528. The normalized spacial score (nSPS) is 6.78. The van der Waals surface area contributed by atoms with Crippen LogP contribution in [0.15, 0.2) is 0 Å². The smallest absolute Gasteiger partial charge is 0.288 e. The van der Waals surface area contributed by atoms with E-state index in [1.54, 1.807) is 0 Å². The third-order valence-electron chi connectivity index (χ3n) is 0.452. The molecule has 0 radical (unpaired) electrons. The second-order valence-corrected chi connectivity index (χ2v) is 1.07. The van der Waals surface area contributed by atoms with Crippen LogP contribution >= 0.6 is 12.4 Å². The van der Waals surface area contributed by atoms with Gasteiger partial charge in [0.1, 0.15) is 0 Å². The largest absolute Gasteiger partial charge is 0.468 e. The van der Waals surface area contributed by atoms with E-state index in [2.05, 4.69) is 10.1 Å². The summed E-state index contributed by atoms with van der Waals surface area (Å²) in [5, 5.41) is 15.4. The van der Waals surface area contributed by atoms with Gasteiger partial charge in [0.15, 0.2) is 5.96 Å². The summed E-state index contributed by atoms with van der Waals surface area (Å²) in [5.41, 5.74) is 4.82. The van der Waals surface area contributed by atoms with Gasteiger partial charge in [0.25, 0.3) is 6.02 Å². The first-order valence-corrected chi connectivity index (χ1v) is 1.90. The quantitative estimate of drug-likeness (QED) is 0.278. The maximum atomic E-state index is 6.71. The van der Waals surface area contributed by atoms with Crippen molar-refractivity contribution in [3.05, 3.63) is 0 Å². The Labute approximate surface area is 59.0 Å². The van der Waals surface area contributed by atoms with Crippen LogP contribution in [0.5, 0.6) is 0 Å². The van der Waals surface area contributed by atoms with Gasteiger partial charge in [-0.2, -0.15) is 0 Å². The SMILES string of the molecule is COC(=N)NC(=N)N.Cl. The number of amidine groups is 1. The highest BCUT2D eigenvalue weighted by Crippen LogP contribution is 1.62. The van der Waals surface area contributed by atoms with E-state index < -0.39 is 0 Å². The molecule has 5 N–H and O–H groups in total. The Balaban J connectivity index is 0. The van der Waals surface area contributed by atoms with Crippen LogP contribution in [0, 0.1) is 10.8 Å². The lowest BCUT2D eigenvalue weighted by molar-refractivity contribution is 0.385. The van der Waals surface area contributed by atoms with Crippen LogP contribution in [0.4, 0.5) is 0 Å². The summed E-state index contributed by atoms with van der Waals surface area (Å²) in [6, 6.07) is -0.225. The van der Waals surface area contributed by atoms with Crippen LogP contribution in [0.1, 0.15) is 0 Å². The molecule has 0 amide bonds. The van der Waals surface area contributed by atoms with Crippen LogP contribution in [0.2, 0.25) is 0 Å². The third-order valence-corrected chi connectivity index (χ3v) is 0.452. The van der Waals surface area contributed by atoms with Gasteiger partial charge in [-0.3, -0.25) is 16.1 Å². The minimum absolute atomic E-state index is 0. The van der Waals surface area contributed by atoms with Gasteiger partial charge in [0.2, 0.25) is 0 Å². The second-order valence-electron chi connectivity index (χ2n) is 1.07. The van der Waals surface area contributed by atoms with Crippen molar-refractivity contribution in [2.45, 2.75) is 0 Å². The number of hydrogen-bond donors (Lipinski definition) is 4. The number of hydrogen-bond acceptors (Lipinski definition) is 3. The van der Waals surface area contributed by atoms with Crippen molar-refractivity contribution < 1.29 is 4.74 Å². The predicted molar refractivity (Wildman–Crippen MR) is 37.0 cm³/mol. The van der Waals surface area contributed by atoms with Crippen molar-refractivity contribution >= 4 is 24.4 Å². The van der Waals surface area contributed by atoms with E-state index in [0.717, 1.165) is 0 Å². The molecule has 0 aromatic rings. The second kappa shape index (κ2) is 5.17. The highest BCUT2D eigenvalue weighted by Gasteiger charge is 1.90. The molecular weight excluding hydrogens is 144 g/mol. The van der Waals surface area contributed by atoms with Crippen LogP contribution in [0.3, 0.4) is 0 Å². The Kier molecular flexibility index (Phi) is 6.27. The Hall–Kier alpha value is -0.970. The average molecular weight is 153 g/mol. The lowest BCUT2D eigenvalue weighted by Crippen LogP contribution is -2.35. The minimum atomic E-state index is -0.295. The third kappa shape index (κ3) is 7.03. The van der Waals surface area contributed by atoms with E-state index in [1.807, 2.05) is 0 Å². The van der Waals surface area contributed by atoms with Crippen LogP contribution in [0.25, 0.3) is 0 Å². The molecule has 0 heterocycles. The fourth-order valence-electron chi connectivity index (χ4n) is 0.173. The molecule has 0 bridgehead atoms. The molecule has 5 nitrogen and oxygen atoms in total. The van der Waals surface area contributed by atoms with Crippen molar-refractivity contribution in [3.63, 3.8) is 0 Å². The number of guanidine groups is 1. The van der Waals surface area contributed by atoms with Crippen LogP contribution in [-0.2, 0) is 4.74 Å². The molecule has 0 aliphatic rings. The first-order chi connectivity index (χ1) is 3.66. The van der Waals surface area contributed by atoms with Crippen molar-refractivity contribution in [3.8, 4) is 0 Å². The summed E-state index contributed by atoms with van der Waals surface area (Å²) in [6.45, 7) is 0. The van der Waals surface area contributed by atoms with Crippen molar-refractivity contribution in [1.29, 1.82) is 10.8 Å². The topological polar surface area (TPSA) is 95.0 Å². The average Bonchev–Trinajstić information content (AvgIpc) is 1.65. The summed E-state index contributed by atoms with van der Waals surface area (Å²) in [5.74, 6) is -0.295. The van der Waals surface area contributed by atoms with Crippen molar-refractivity contribution in [2.75, 3.05) is 7.11 Å². The maximum absolute atomic E-state index is 6.71. The molecule has 0 rings (SSSR count). The number of ether oxygens (including phenoxy) is 1. The van der Waals surface area contributed by atoms with E-state index in [4.69, 9.17) is 16.6 Å². The highest BCUT2D eigenvalue weighted by atomic mass is 35.5. The van der Waals surface area contributed by atoms with Crippen LogP contribution in [-0.4, -0.2) is 19.1 Å². The van der Waals surface area contributed by atoms with Crippen LogP contribution < -0.4 is 11.1 Å². The van der Waals surface area contributed by atoms with Gasteiger partial charge in [-0.1, -0.05) is 0 Å². The number of methoxy groups -OCH3 is 1. The summed E-state index contributed by atoms with van der Waals surface area (Å²) >= 11 is 0. The first kappa shape index (κ1) is 10.9. The van der Waals surface area contributed by atoms with E-state index in [1.165, 1.54) is 7.11 Å². The van der Waals surface area contributed by atoms with Gasteiger partial charge >= 0.3 is 0 Å². The van der Waals surface area contributed by atoms with Gasteiger partial charge in [-0.25, -0.2) is 0 Å².